The molecule has 2 atom stereocenters. The summed E-state index contributed by atoms with van der Waals surface area (Å²) in [5.41, 5.74) is 0. The summed E-state index contributed by atoms with van der Waals surface area (Å²) in [6.07, 6.45) is 5.76. The summed E-state index contributed by atoms with van der Waals surface area (Å²) >= 11 is 0. The highest BCUT2D eigenvalue weighted by Gasteiger charge is 2.33. The van der Waals surface area contributed by atoms with E-state index in [0.717, 1.165) is 32.1 Å². The zero-order chi connectivity index (χ0) is 15.5. The third-order valence-electron chi connectivity index (χ3n) is 4.67. The minimum absolute atomic E-state index is 0.105. The molecule has 2 heterocycles. The Labute approximate surface area is 131 Å². The van der Waals surface area contributed by atoms with Gasteiger partial charge in [-0.15, -0.1) is 0 Å². The summed E-state index contributed by atoms with van der Waals surface area (Å²) in [6.45, 7) is 8.03. The van der Waals surface area contributed by atoms with Crippen LogP contribution >= 0.6 is 0 Å². The molecule has 0 radical (unpaired) electrons. The fourth-order valence-electron chi connectivity index (χ4n) is 3.01. The first kappa shape index (κ1) is 15.5. The Morgan fingerprint density at radius 2 is 2.32 bits per heavy atom. The van der Waals surface area contributed by atoms with Crippen molar-refractivity contribution in [2.75, 3.05) is 32.8 Å². The average Bonchev–Trinajstić information content (AvgIpc) is 3.22. The second kappa shape index (κ2) is 6.79. The molecule has 1 saturated heterocycles. The number of aromatic nitrogens is 2. The third kappa shape index (κ3) is 3.50. The smallest absolute Gasteiger partial charge is 0.251 e. The zero-order valence-electron chi connectivity index (χ0n) is 13.5. The fraction of sp³-hybridized carbons (Fsp3) is 0.750. The second-order valence-corrected chi connectivity index (χ2v) is 6.32. The largest absolute Gasteiger partial charge is 0.368 e. The molecule has 22 heavy (non-hydrogen) atoms. The first-order valence-corrected chi connectivity index (χ1v) is 8.32. The van der Waals surface area contributed by atoms with Gasteiger partial charge in [0.05, 0.1) is 12.6 Å². The molecule has 1 N–H and O–H groups in total. The van der Waals surface area contributed by atoms with Crippen LogP contribution in [0.1, 0.15) is 38.6 Å². The molecule has 6 nitrogen and oxygen atoms in total. The van der Waals surface area contributed by atoms with Gasteiger partial charge in [0, 0.05) is 32.0 Å². The van der Waals surface area contributed by atoms with Crippen LogP contribution < -0.4 is 0 Å². The molecular weight excluding hydrogens is 280 g/mol. The molecule has 1 amide bonds. The summed E-state index contributed by atoms with van der Waals surface area (Å²) < 4.78 is 5.73. The van der Waals surface area contributed by atoms with E-state index in [4.69, 9.17) is 4.74 Å². The van der Waals surface area contributed by atoms with E-state index >= 15 is 0 Å². The van der Waals surface area contributed by atoms with Gasteiger partial charge in [0.15, 0.2) is 0 Å². The number of imidazole rings is 1. The van der Waals surface area contributed by atoms with Gasteiger partial charge in [-0.3, -0.25) is 9.69 Å². The molecule has 0 unspecified atom stereocenters. The number of carbonyl (C=O) groups excluding carboxylic acids is 1. The topological polar surface area (TPSA) is 61.5 Å². The lowest BCUT2D eigenvalue weighted by molar-refractivity contribution is -0.146. The lowest BCUT2D eigenvalue weighted by atomic mass is 10.1. The van der Waals surface area contributed by atoms with Crippen molar-refractivity contribution in [1.82, 2.24) is 19.8 Å². The number of aromatic amines is 1. The van der Waals surface area contributed by atoms with Gasteiger partial charge < -0.3 is 14.6 Å². The van der Waals surface area contributed by atoms with Crippen molar-refractivity contribution < 1.29 is 9.53 Å². The molecule has 1 aliphatic carbocycles. The summed E-state index contributed by atoms with van der Waals surface area (Å²) in [5.74, 6) is 1.72. The van der Waals surface area contributed by atoms with Gasteiger partial charge in [0.2, 0.25) is 0 Å². The van der Waals surface area contributed by atoms with Gasteiger partial charge in [-0.1, -0.05) is 6.92 Å². The highest BCUT2D eigenvalue weighted by Crippen LogP contribution is 2.29. The van der Waals surface area contributed by atoms with E-state index < -0.39 is 0 Å². The number of ether oxygens (including phenoxy) is 1. The van der Waals surface area contributed by atoms with Crippen molar-refractivity contribution in [1.29, 1.82) is 0 Å². The predicted octanol–water partition coefficient (Wildman–Crippen LogP) is 1.43. The predicted molar refractivity (Wildman–Crippen MR) is 83.3 cm³/mol. The Bertz CT molecular complexity index is 486. The third-order valence-corrected chi connectivity index (χ3v) is 4.67. The maximum atomic E-state index is 12.6. The highest BCUT2D eigenvalue weighted by atomic mass is 16.5. The minimum Gasteiger partial charge on any atom is -0.368 e. The quantitative estimate of drug-likeness (QED) is 0.864. The molecule has 0 bridgehead atoms. The molecule has 1 saturated carbocycles. The van der Waals surface area contributed by atoms with Gasteiger partial charge in [-0.05, 0) is 32.2 Å². The summed E-state index contributed by atoms with van der Waals surface area (Å²) in [5, 5.41) is 0. The number of likely N-dealkylation sites (N-methyl/N-ethyl adjacent to an activating group) is 1. The first-order chi connectivity index (χ1) is 10.7. The molecule has 1 aliphatic heterocycles. The number of amides is 1. The normalized spacial score (nSPS) is 24.5. The molecule has 3 rings (SSSR count). The number of piperazine rings is 1. The van der Waals surface area contributed by atoms with Gasteiger partial charge >= 0.3 is 0 Å². The van der Waals surface area contributed by atoms with Crippen LogP contribution in [0.15, 0.2) is 12.4 Å². The fourth-order valence-corrected chi connectivity index (χ4v) is 3.01. The van der Waals surface area contributed by atoms with Gasteiger partial charge in [0.25, 0.3) is 5.91 Å². The molecule has 122 valence electrons. The Morgan fingerprint density at radius 3 is 2.95 bits per heavy atom. The van der Waals surface area contributed by atoms with E-state index in [9.17, 15) is 4.79 Å². The van der Waals surface area contributed by atoms with Crippen molar-refractivity contribution in [3.63, 3.8) is 0 Å². The Kier molecular flexibility index (Phi) is 4.78. The SMILES string of the molecule is CCN1CCN(C(=O)[C@H](C)OCC2CC2)C[C@H]1c1ncc[nH]1. The van der Waals surface area contributed by atoms with Crippen LogP contribution in [0.4, 0.5) is 0 Å². The lowest BCUT2D eigenvalue weighted by Crippen LogP contribution is -2.53. The van der Waals surface area contributed by atoms with Crippen molar-refractivity contribution in [3.05, 3.63) is 18.2 Å². The van der Waals surface area contributed by atoms with E-state index in [1.54, 1.807) is 6.20 Å². The van der Waals surface area contributed by atoms with Crippen LogP contribution in [0.2, 0.25) is 0 Å². The van der Waals surface area contributed by atoms with Crippen LogP contribution in [0, 0.1) is 5.92 Å². The molecule has 2 fully saturated rings. The standard InChI is InChI=1S/C16H26N4O2/c1-3-19-8-9-20(10-14(19)15-17-6-7-18-15)16(21)12(2)22-11-13-4-5-13/h6-7,12-14H,3-5,8-11H2,1-2H3,(H,17,18)/t12-,14-/m0/s1. The number of carbonyl (C=O) groups is 1. The van der Waals surface area contributed by atoms with Gasteiger partial charge in [-0.2, -0.15) is 0 Å². The van der Waals surface area contributed by atoms with Crippen LogP contribution in [0.25, 0.3) is 0 Å². The first-order valence-electron chi connectivity index (χ1n) is 8.32. The van der Waals surface area contributed by atoms with Gasteiger partial charge in [-0.25, -0.2) is 4.98 Å². The van der Waals surface area contributed by atoms with Crippen molar-refractivity contribution in [2.45, 2.75) is 38.8 Å². The molecular formula is C16H26N4O2. The van der Waals surface area contributed by atoms with Crippen LogP contribution in [0.3, 0.4) is 0 Å². The van der Waals surface area contributed by atoms with Crippen molar-refractivity contribution in [2.24, 2.45) is 5.92 Å². The molecule has 6 heteroatoms. The molecule has 2 aliphatic rings. The van der Waals surface area contributed by atoms with Crippen LogP contribution in [-0.2, 0) is 9.53 Å². The number of nitrogens with one attached hydrogen (secondary N) is 1. The van der Waals surface area contributed by atoms with Crippen LogP contribution in [-0.4, -0.2) is 64.6 Å². The lowest BCUT2D eigenvalue weighted by Gasteiger charge is -2.40. The Hall–Kier alpha value is -1.40. The van der Waals surface area contributed by atoms with Crippen molar-refractivity contribution >= 4 is 5.91 Å². The minimum atomic E-state index is -0.342. The molecule has 0 spiro atoms. The summed E-state index contributed by atoms with van der Waals surface area (Å²) in [6, 6.07) is 0.147. The number of hydrogen-bond acceptors (Lipinski definition) is 4. The number of H-pyrrole nitrogens is 1. The maximum Gasteiger partial charge on any atom is 0.251 e. The van der Waals surface area contributed by atoms with E-state index in [0.29, 0.717) is 12.5 Å². The number of nitrogens with zero attached hydrogens (tertiary/aromatic N) is 3. The average molecular weight is 306 g/mol. The monoisotopic (exact) mass is 306 g/mol. The van der Waals surface area contributed by atoms with E-state index in [-0.39, 0.29) is 18.1 Å². The van der Waals surface area contributed by atoms with E-state index in [1.165, 1.54) is 12.8 Å². The number of hydrogen-bond donors (Lipinski definition) is 1. The van der Waals surface area contributed by atoms with E-state index in [2.05, 4.69) is 21.8 Å². The highest BCUT2D eigenvalue weighted by molar-refractivity contribution is 5.80. The summed E-state index contributed by atoms with van der Waals surface area (Å²) in [7, 11) is 0. The van der Waals surface area contributed by atoms with E-state index in [1.807, 2.05) is 18.0 Å². The van der Waals surface area contributed by atoms with Crippen molar-refractivity contribution in [3.8, 4) is 0 Å². The molecule has 0 aromatic carbocycles. The zero-order valence-corrected chi connectivity index (χ0v) is 13.5. The Balaban J connectivity index is 1.60. The second-order valence-electron chi connectivity index (χ2n) is 6.32. The van der Waals surface area contributed by atoms with Crippen LogP contribution in [0.5, 0.6) is 0 Å². The summed E-state index contributed by atoms with van der Waals surface area (Å²) in [4.78, 5) is 24.4. The Morgan fingerprint density at radius 1 is 1.50 bits per heavy atom. The molecule has 1 aromatic rings. The van der Waals surface area contributed by atoms with Gasteiger partial charge in [0.1, 0.15) is 11.9 Å². The maximum absolute atomic E-state index is 12.6. The molecule has 1 aromatic heterocycles. The number of rotatable bonds is 6.